The van der Waals surface area contributed by atoms with E-state index in [0.717, 1.165) is 22.6 Å². The van der Waals surface area contributed by atoms with E-state index in [2.05, 4.69) is 10.6 Å². The van der Waals surface area contributed by atoms with Gasteiger partial charge in [0, 0.05) is 11.6 Å². The third kappa shape index (κ3) is 5.53. The monoisotopic (exact) mass is 403 g/mol. The minimum atomic E-state index is -0.691. The molecule has 28 heavy (non-hydrogen) atoms. The van der Waals surface area contributed by atoms with Crippen LogP contribution in [0.1, 0.15) is 23.6 Å². The second-order valence-electron chi connectivity index (χ2n) is 6.39. The number of hydrogen-bond acceptors (Lipinski definition) is 4. The van der Waals surface area contributed by atoms with Gasteiger partial charge in [0.15, 0.2) is 11.5 Å². The van der Waals surface area contributed by atoms with Crippen LogP contribution in [-0.2, 0) is 11.2 Å². The van der Waals surface area contributed by atoms with Crippen molar-refractivity contribution in [2.45, 2.75) is 18.9 Å². The maximum absolute atomic E-state index is 12.3. The predicted molar refractivity (Wildman–Crippen MR) is 106 cm³/mol. The molecule has 2 aromatic carbocycles. The molecule has 2 aromatic rings. The van der Waals surface area contributed by atoms with Crippen LogP contribution in [0, 0.1) is 0 Å². The molecule has 1 atom stereocenters. The highest BCUT2D eigenvalue weighted by Crippen LogP contribution is 2.30. The van der Waals surface area contributed by atoms with E-state index in [1.54, 1.807) is 24.3 Å². The van der Waals surface area contributed by atoms with Gasteiger partial charge in [-0.3, -0.25) is 4.79 Å². The number of carbonyl (C=O) groups excluding carboxylic acids is 2. The first-order valence-electron chi connectivity index (χ1n) is 8.98. The van der Waals surface area contributed by atoms with Gasteiger partial charge >= 0.3 is 6.03 Å². The number of ether oxygens (including phenoxy) is 2. The van der Waals surface area contributed by atoms with Gasteiger partial charge in [0.1, 0.15) is 13.2 Å². The van der Waals surface area contributed by atoms with Gasteiger partial charge in [0.2, 0.25) is 5.91 Å². The fourth-order valence-corrected chi connectivity index (χ4v) is 3.09. The average molecular weight is 404 g/mol. The Labute approximate surface area is 168 Å². The first kappa shape index (κ1) is 19.8. The van der Waals surface area contributed by atoms with Gasteiger partial charge in [0.05, 0.1) is 12.5 Å². The number of hydrogen-bond donors (Lipinski definition) is 3. The van der Waals surface area contributed by atoms with Crippen molar-refractivity contribution in [3.8, 4) is 11.5 Å². The van der Waals surface area contributed by atoms with E-state index in [-0.39, 0.29) is 12.3 Å². The molecule has 148 valence electrons. The van der Waals surface area contributed by atoms with Crippen LogP contribution < -0.4 is 25.8 Å². The number of primary amides is 1. The minimum absolute atomic E-state index is 0.0751. The molecule has 4 N–H and O–H groups in total. The highest BCUT2D eigenvalue weighted by molar-refractivity contribution is 6.30. The van der Waals surface area contributed by atoms with Crippen LogP contribution in [0.15, 0.2) is 42.5 Å². The predicted octanol–water partition coefficient (Wildman–Crippen LogP) is 2.57. The topological polar surface area (TPSA) is 103 Å². The molecule has 3 rings (SSSR count). The second-order valence-corrected chi connectivity index (χ2v) is 6.83. The maximum Gasteiger partial charge on any atom is 0.312 e. The molecule has 1 aliphatic rings. The Morgan fingerprint density at radius 2 is 1.79 bits per heavy atom. The third-order valence-electron chi connectivity index (χ3n) is 4.32. The maximum atomic E-state index is 12.3. The number of rotatable bonds is 7. The smallest absolute Gasteiger partial charge is 0.312 e. The van der Waals surface area contributed by atoms with Crippen LogP contribution in [-0.4, -0.2) is 31.7 Å². The van der Waals surface area contributed by atoms with Gasteiger partial charge in [-0.15, -0.1) is 0 Å². The van der Waals surface area contributed by atoms with E-state index in [0.29, 0.717) is 31.2 Å². The molecular weight excluding hydrogens is 382 g/mol. The summed E-state index contributed by atoms with van der Waals surface area (Å²) in [7, 11) is 0. The molecule has 0 aliphatic carbocycles. The van der Waals surface area contributed by atoms with Crippen molar-refractivity contribution in [1.82, 2.24) is 10.6 Å². The molecular formula is C20H22ClN3O4. The van der Waals surface area contributed by atoms with E-state index in [4.69, 9.17) is 26.8 Å². The van der Waals surface area contributed by atoms with Crippen molar-refractivity contribution in [1.29, 1.82) is 0 Å². The van der Waals surface area contributed by atoms with E-state index < -0.39 is 12.1 Å². The van der Waals surface area contributed by atoms with Gasteiger partial charge in [-0.25, -0.2) is 4.79 Å². The highest BCUT2D eigenvalue weighted by atomic mass is 35.5. The normalized spacial score (nSPS) is 13.5. The van der Waals surface area contributed by atoms with Crippen molar-refractivity contribution in [3.63, 3.8) is 0 Å². The standard InChI is InChI=1S/C20H22ClN3O4/c21-15-4-2-14(3-5-15)16(24-20(22)26)12-19(25)23-8-7-13-1-6-17-18(11-13)28-10-9-27-17/h1-6,11,16H,7-10,12H2,(H,23,25)(H3,22,24,26)/t16-/m1/s1. The van der Waals surface area contributed by atoms with Crippen molar-refractivity contribution in [3.05, 3.63) is 58.6 Å². The van der Waals surface area contributed by atoms with Gasteiger partial charge in [-0.1, -0.05) is 29.8 Å². The number of nitrogens with one attached hydrogen (secondary N) is 2. The van der Waals surface area contributed by atoms with Gasteiger partial charge in [-0.05, 0) is 41.8 Å². The van der Waals surface area contributed by atoms with Crippen molar-refractivity contribution in [2.24, 2.45) is 5.73 Å². The van der Waals surface area contributed by atoms with E-state index in [1.165, 1.54) is 0 Å². The lowest BCUT2D eigenvalue weighted by atomic mass is 10.0. The quantitative estimate of drug-likeness (QED) is 0.661. The Hall–Kier alpha value is -2.93. The van der Waals surface area contributed by atoms with Crippen LogP contribution in [0.2, 0.25) is 5.02 Å². The van der Waals surface area contributed by atoms with Crippen LogP contribution in [0.4, 0.5) is 4.79 Å². The Morgan fingerprint density at radius 3 is 2.50 bits per heavy atom. The lowest BCUT2D eigenvalue weighted by Crippen LogP contribution is -2.37. The van der Waals surface area contributed by atoms with Crippen LogP contribution in [0.3, 0.4) is 0 Å². The van der Waals surface area contributed by atoms with Gasteiger partial charge < -0.3 is 25.8 Å². The van der Waals surface area contributed by atoms with Gasteiger partial charge in [-0.2, -0.15) is 0 Å². The SMILES string of the molecule is NC(=O)N[C@H](CC(=O)NCCc1ccc2c(c1)OCCO2)c1ccc(Cl)cc1. The number of halogens is 1. The molecule has 0 fully saturated rings. The highest BCUT2D eigenvalue weighted by Gasteiger charge is 2.17. The first-order valence-corrected chi connectivity index (χ1v) is 9.36. The zero-order valence-corrected chi connectivity index (χ0v) is 16.0. The number of amides is 3. The molecule has 3 amide bonds. The van der Waals surface area contributed by atoms with Crippen molar-refractivity contribution >= 4 is 23.5 Å². The molecule has 0 aromatic heterocycles. The van der Waals surface area contributed by atoms with E-state index in [9.17, 15) is 9.59 Å². The summed E-state index contributed by atoms with van der Waals surface area (Å²) >= 11 is 5.89. The fourth-order valence-electron chi connectivity index (χ4n) is 2.97. The van der Waals surface area contributed by atoms with E-state index >= 15 is 0 Å². The summed E-state index contributed by atoms with van der Waals surface area (Å²) < 4.78 is 11.1. The largest absolute Gasteiger partial charge is 0.486 e. The number of nitrogens with two attached hydrogens (primary N) is 1. The summed E-state index contributed by atoms with van der Waals surface area (Å²) in [5.41, 5.74) is 7.03. The van der Waals surface area contributed by atoms with Crippen LogP contribution >= 0.6 is 11.6 Å². The van der Waals surface area contributed by atoms with Crippen molar-refractivity contribution in [2.75, 3.05) is 19.8 Å². The lowest BCUT2D eigenvalue weighted by Gasteiger charge is -2.19. The Bertz CT molecular complexity index is 842. The molecule has 0 bridgehead atoms. The third-order valence-corrected chi connectivity index (χ3v) is 4.57. The zero-order valence-electron chi connectivity index (χ0n) is 15.2. The van der Waals surface area contributed by atoms with Gasteiger partial charge in [0.25, 0.3) is 0 Å². The molecule has 1 aliphatic heterocycles. The molecule has 0 saturated carbocycles. The molecule has 0 radical (unpaired) electrons. The van der Waals surface area contributed by atoms with Crippen LogP contribution in [0.25, 0.3) is 0 Å². The summed E-state index contributed by atoms with van der Waals surface area (Å²) in [6.07, 6.45) is 0.725. The zero-order chi connectivity index (χ0) is 19.9. The number of fused-ring (bicyclic) bond motifs is 1. The summed E-state index contributed by atoms with van der Waals surface area (Å²) in [5.74, 6) is 1.28. The second kappa shape index (κ2) is 9.32. The number of benzene rings is 2. The molecule has 7 nitrogen and oxygen atoms in total. The van der Waals surface area contributed by atoms with Crippen LogP contribution in [0.5, 0.6) is 11.5 Å². The molecule has 0 spiro atoms. The summed E-state index contributed by atoms with van der Waals surface area (Å²) in [6.45, 7) is 1.55. The summed E-state index contributed by atoms with van der Waals surface area (Å²) in [6, 6.07) is 11.4. The molecule has 1 heterocycles. The first-order chi connectivity index (χ1) is 13.5. The minimum Gasteiger partial charge on any atom is -0.486 e. The average Bonchev–Trinajstić information content (AvgIpc) is 2.67. The Kier molecular flexibility index (Phi) is 6.60. The summed E-state index contributed by atoms with van der Waals surface area (Å²) in [4.78, 5) is 23.6. The summed E-state index contributed by atoms with van der Waals surface area (Å²) in [5, 5.41) is 6.03. The lowest BCUT2D eigenvalue weighted by molar-refractivity contribution is -0.121. The van der Waals surface area contributed by atoms with E-state index in [1.807, 2.05) is 18.2 Å². The molecule has 8 heteroatoms. The molecule has 0 saturated heterocycles. The molecule has 0 unspecified atom stereocenters. The Balaban J connectivity index is 1.53. The number of carbonyl (C=O) groups is 2. The number of urea groups is 1. The van der Waals surface area contributed by atoms with Crippen molar-refractivity contribution < 1.29 is 19.1 Å². The fraction of sp³-hybridized carbons (Fsp3) is 0.300. The Morgan fingerprint density at radius 1 is 1.07 bits per heavy atom.